The van der Waals surface area contributed by atoms with Gasteiger partial charge < -0.3 is 9.88 Å². The SMILES string of the molecule is CNCc1ccc2c(ccn2Cc2ccncc2Cl)c1. The lowest BCUT2D eigenvalue weighted by Gasteiger charge is -2.08. The van der Waals surface area contributed by atoms with Crippen molar-refractivity contribution in [2.24, 2.45) is 0 Å². The van der Waals surface area contributed by atoms with Crippen LogP contribution in [0.4, 0.5) is 0 Å². The average Bonchev–Trinajstić information content (AvgIpc) is 2.84. The molecule has 0 aliphatic heterocycles. The molecule has 20 heavy (non-hydrogen) atoms. The molecule has 0 aliphatic carbocycles. The summed E-state index contributed by atoms with van der Waals surface area (Å²) in [5, 5.41) is 5.13. The number of fused-ring (bicyclic) bond motifs is 1. The van der Waals surface area contributed by atoms with E-state index in [4.69, 9.17) is 11.6 Å². The summed E-state index contributed by atoms with van der Waals surface area (Å²) < 4.78 is 2.21. The molecule has 3 rings (SSSR count). The van der Waals surface area contributed by atoms with E-state index in [0.717, 1.165) is 18.7 Å². The van der Waals surface area contributed by atoms with Crippen molar-refractivity contribution in [3.05, 3.63) is 65.1 Å². The Bertz CT molecular complexity index is 733. The van der Waals surface area contributed by atoms with Crippen LogP contribution in [0.25, 0.3) is 10.9 Å². The van der Waals surface area contributed by atoms with Crippen molar-refractivity contribution in [3.8, 4) is 0 Å². The second-order valence-corrected chi connectivity index (χ2v) is 5.24. The van der Waals surface area contributed by atoms with Crippen LogP contribution in [0.15, 0.2) is 48.9 Å². The van der Waals surface area contributed by atoms with Gasteiger partial charge in [0.2, 0.25) is 0 Å². The van der Waals surface area contributed by atoms with Crippen LogP contribution in [0.1, 0.15) is 11.1 Å². The molecule has 0 fully saturated rings. The number of aromatic nitrogens is 2. The second kappa shape index (κ2) is 5.65. The molecule has 0 saturated carbocycles. The standard InChI is InChI=1S/C16H16ClN3/c1-18-9-12-2-3-16-13(8-12)5-7-20(16)11-14-4-6-19-10-15(14)17/h2-8,10,18H,9,11H2,1H3. The molecule has 0 unspecified atom stereocenters. The first-order valence-electron chi connectivity index (χ1n) is 6.58. The number of hydrogen-bond acceptors (Lipinski definition) is 2. The first-order chi connectivity index (χ1) is 9.78. The van der Waals surface area contributed by atoms with E-state index in [0.29, 0.717) is 5.02 Å². The van der Waals surface area contributed by atoms with E-state index in [1.807, 2.05) is 13.1 Å². The van der Waals surface area contributed by atoms with Gasteiger partial charge in [-0.1, -0.05) is 17.7 Å². The Morgan fingerprint density at radius 1 is 1.25 bits per heavy atom. The van der Waals surface area contributed by atoms with Crippen molar-refractivity contribution in [1.29, 1.82) is 0 Å². The number of rotatable bonds is 4. The van der Waals surface area contributed by atoms with Gasteiger partial charge in [0.15, 0.2) is 0 Å². The van der Waals surface area contributed by atoms with Crippen LogP contribution >= 0.6 is 11.6 Å². The highest BCUT2D eigenvalue weighted by Gasteiger charge is 2.05. The summed E-state index contributed by atoms with van der Waals surface area (Å²) in [6, 6.07) is 10.6. The van der Waals surface area contributed by atoms with E-state index < -0.39 is 0 Å². The molecule has 3 nitrogen and oxygen atoms in total. The van der Waals surface area contributed by atoms with Crippen molar-refractivity contribution in [2.45, 2.75) is 13.1 Å². The summed E-state index contributed by atoms with van der Waals surface area (Å²) in [4.78, 5) is 4.02. The third-order valence-corrected chi connectivity index (χ3v) is 3.75. The number of benzene rings is 1. The third kappa shape index (κ3) is 2.55. The molecular formula is C16H16ClN3. The topological polar surface area (TPSA) is 29.9 Å². The van der Waals surface area contributed by atoms with Crippen molar-refractivity contribution < 1.29 is 0 Å². The first-order valence-corrected chi connectivity index (χ1v) is 6.96. The summed E-state index contributed by atoms with van der Waals surface area (Å²) in [5.74, 6) is 0. The molecule has 0 spiro atoms. The Hall–Kier alpha value is -1.84. The Morgan fingerprint density at radius 3 is 2.95 bits per heavy atom. The highest BCUT2D eigenvalue weighted by molar-refractivity contribution is 6.31. The Labute approximate surface area is 123 Å². The lowest BCUT2D eigenvalue weighted by atomic mass is 10.1. The lowest BCUT2D eigenvalue weighted by Crippen LogP contribution is -2.04. The fourth-order valence-electron chi connectivity index (χ4n) is 2.42. The highest BCUT2D eigenvalue weighted by Crippen LogP contribution is 2.21. The van der Waals surface area contributed by atoms with Crippen LogP contribution in [0.2, 0.25) is 5.02 Å². The smallest absolute Gasteiger partial charge is 0.0639 e. The number of nitrogens with zero attached hydrogens (tertiary/aromatic N) is 2. The monoisotopic (exact) mass is 285 g/mol. The molecule has 0 aliphatic rings. The molecule has 3 aromatic rings. The number of pyridine rings is 1. The second-order valence-electron chi connectivity index (χ2n) is 4.83. The quantitative estimate of drug-likeness (QED) is 0.796. The van der Waals surface area contributed by atoms with Gasteiger partial charge in [-0.25, -0.2) is 0 Å². The molecule has 102 valence electrons. The maximum Gasteiger partial charge on any atom is 0.0639 e. The van der Waals surface area contributed by atoms with Gasteiger partial charge in [-0.05, 0) is 47.8 Å². The number of hydrogen-bond donors (Lipinski definition) is 1. The normalized spacial score (nSPS) is 11.1. The van der Waals surface area contributed by atoms with Crippen molar-refractivity contribution in [1.82, 2.24) is 14.9 Å². The van der Waals surface area contributed by atoms with Crippen LogP contribution in [0.3, 0.4) is 0 Å². The van der Waals surface area contributed by atoms with Gasteiger partial charge in [0, 0.05) is 37.2 Å². The van der Waals surface area contributed by atoms with Gasteiger partial charge in [-0.3, -0.25) is 4.98 Å². The van der Waals surface area contributed by atoms with Crippen LogP contribution in [-0.2, 0) is 13.1 Å². The molecule has 4 heteroatoms. The molecule has 0 amide bonds. The van der Waals surface area contributed by atoms with E-state index in [1.54, 1.807) is 12.4 Å². The molecule has 0 atom stereocenters. The van der Waals surface area contributed by atoms with Crippen LogP contribution in [-0.4, -0.2) is 16.6 Å². The van der Waals surface area contributed by atoms with Crippen molar-refractivity contribution >= 4 is 22.5 Å². The number of nitrogens with one attached hydrogen (secondary N) is 1. The average molecular weight is 286 g/mol. The van der Waals surface area contributed by atoms with Gasteiger partial charge in [0.1, 0.15) is 0 Å². The van der Waals surface area contributed by atoms with E-state index in [-0.39, 0.29) is 0 Å². The fourth-order valence-corrected chi connectivity index (χ4v) is 2.60. The zero-order valence-corrected chi connectivity index (χ0v) is 12.1. The van der Waals surface area contributed by atoms with Gasteiger partial charge in [0.05, 0.1) is 5.02 Å². The molecule has 1 aromatic carbocycles. The minimum atomic E-state index is 0.709. The van der Waals surface area contributed by atoms with Crippen molar-refractivity contribution in [3.63, 3.8) is 0 Å². The zero-order valence-electron chi connectivity index (χ0n) is 11.3. The minimum absolute atomic E-state index is 0.709. The predicted octanol–water partition coefficient (Wildman–Crippen LogP) is 3.46. The van der Waals surface area contributed by atoms with Crippen LogP contribution in [0.5, 0.6) is 0 Å². The number of halogens is 1. The first kappa shape index (κ1) is 13.2. The van der Waals surface area contributed by atoms with Crippen LogP contribution < -0.4 is 5.32 Å². The maximum absolute atomic E-state index is 6.17. The Kier molecular flexibility index (Phi) is 3.72. The van der Waals surface area contributed by atoms with Crippen LogP contribution in [0, 0.1) is 0 Å². The summed E-state index contributed by atoms with van der Waals surface area (Å²) in [7, 11) is 1.96. The van der Waals surface area contributed by atoms with Gasteiger partial charge in [-0.15, -0.1) is 0 Å². The van der Waals surface area contributed by atoms with E-state index in [1.165, 1.54) is 16.5 Å². The Balaban J connectivity index is 1.95. The molecule has 2 aromatic heterocycles. The lowest BCUT2D eigenvalue weighted by molar-refractivity contribution is 0.817. The summed E-state index contributed by atoms with van der Waals surface area (Å²) in [6.45, 7) is 1.65. The third-order valence-electron chi connectivity index (χ3n) is 3.41. The van der Waals surface area contributed by atoms with Gasteiger partial charge in [0.25, 0.3) is 0 Å². The molecule has 0 bridgehead atoms. The maximum atomic E-state index is 6.17. The van der Waals surface area contributed by atoms with E-state index >= 15 is 0 Å². The van der Waals surface area contributed by atoms with E-state index in [2.05, 4.69) is 45.3 Å². The zero-order chi connectivity index (χ0) is 13.9. The fraction of sp³-hybridized carbons (Fsp3) is 0.188. The summed E-state index contributed by atoms with van der Waals surface area (Å²) in [6.07, 6.45) is 5.57. The summed E-state index contributed by atoms with van der Waals surface area (Å²) >= 11 is 6.17. The molecule has 0 radical (unpaired) electrons. The van der Waals surface area contributed by atoms with E-state index in [9.17, 15) is 0 Å². The van der Waals surface area contributed by atoms with Gasteiger partial charge in [-0.2, -0.15) is 0 Å². The van der Waals surface area contributed by atoms with Crippen molar-refractivity contribution in [2.75, 3.05) is 7.05 Å². The Morgan fingerprint density at radius 2 is 2.15 bits per heavy atom. The predicted molar refractivity (Wildman–Crippen MR) is 83.1 cm³/mol. The highest BCUT2D eigenvalue weighted by atomic mass is 35.5. The molecular weight excluding hydrogens is 270 g/mol. The van der Waals surface area contributed by atoms with Gasteiger partial charge >= 0.3 is 0 Å². The summed E-state index contributed by atoms with van der Waals surface area (Å²) in [5.41, 5.74) is 3.59. The molecule has 2 heterocycles. The molecule has 0 saturated heterocycles. The largest absolute Gasteiger partial charge is 0.343 e. The minimum Gasteiger partial charge on any atom is -0.343 e. The molecule has 1 N–H and O–H groups in total.